The molecule has 0 aliphatic carbocycles. The number of amides is 2. The van der Waals surface area contributed by atoms with E-state index in [9.17, 15) is 19.2 Å². The molecule has 10 nitrogen and oxygen atoms in total. The summed E-state index contributed by atoms with van der Waals surface area (Å²) in [5.74, 6) is -0.759. The number of pyridine rings is 1. The van der Waals surface area contributed by atoms with Crippen molar-refractivity contribution in [1.29, 1.82) is 5.26 Å². The quantitative estimate of drug-likeness (QED) is 0.491. The smallest absolute Gasteiger partial charge is 0.326 e. The number of rotatable bonds is 8. The summed E-state index contributed by atoms with van der Waals surface area (Å²) in [6, 6.07) is 9.66. The fraction of sp³-hybridized carbons (Fsp3) is 0.333. The highest BCUT2D eigenvalue weighted by Crippen LogP contribution is 2.21. The minimum Gasteiger partial charge on any atom is -0.326 e. The van der Waals surface area contributed by atoms with E-state index in [1.54, 1.807) is 32.9 Å². The lowest BCUT2D eigenvalue weighted by molar-refractivity contribution is -0.118. The SMILES string of the molecule is CCn1c(=O)c2nc(NC(=O)CC(C)CC(=O)Nc3ccc(C#N)c(Cl)c3)ccc2n(CC)c1=O. The largest absolute Gasteiger partial charge is 0.331 e. The molecule has 11 heteroatoms. The van der Waals surface area contributed by atoms with Gasteiger partial charge in [0.25, 0.3) is 5.56 Å². The molecular formula is C24H25ClN6O4. The van der Waals surface area contributed by atoms with Gasteiger partial charge in [0.2, 0.25) is 11.8 Å². The Hall–Kier alpha value is -3.97. The zero-order chi connectivity index (χ0) is 25.7. The van der Waals surface area contributed by atoms with Gasteiger partial charge in [-0.2, -0.15) is 5.26 Å². The Kier molecular flexibility index (Phi) is 8.04. The molecule has 0 aliphatic rings. The molecule has 0 aliphatic heterocycles. The van der Waals surface area contributed by atoms with Crippen LogP contribution in [0.1, 0.15) is 39.2 Å². The van der Waals surface area contributed by atoms with Crippen LogP contribution < -0.4 is 21.9 Å². The number of anilines is 2. The molecule has 0 saturated heterocycles. The second-order valence-corrected chi connectivity index (χ2v) is 8.46. The Morgan fingerprint density at radius 2 is 1.71 bits per heavy atom. The normalized spacial score (nSPS) is 11.6. The van der Waals surface area contributed by atoms with Crippen molar-refractivity contribution in [3.63, 3.8) is 0 Å². The minimum absolute atomic E-state index is 0.0505. The number of benzene rings is 1. The molecule has 1 atom stereocenters. The monoisotopic (exact) mass is 496 g/mol. The van der Waals surface area contributed by atoms with E-state index in [0.29, 0.717) is 23.3 Å². The predicted octanol–water partition coefficient (Wildman–Crippen LogP) is 3.12. The van der Waals surface area contributed by atoms with E-state index >= 15 is 0 Å². The van der Waals surface area contributed by atoms with Crippen LogP contribution in [0.2, 0.25) is 5.02 Å². The van der Waals surface area contributed by atoms with E-state index in [1.807, 2.05) is 6.07 Å². The first-order valence-corrected chi connectivity index (χ1v) is 11.5. The van der Waals surface area contributed by atoms with Crippen molar-refractivity contribution in [2.45, 2.75) is 46.7 Å². The first-order chi connectivity index (χ1) is 16.7. The maximum Gasteiger partial charge on any atom is 0.331 e. The molecule has 0 spiro atoms. The van der Waals surface area contributed by atoms with Crippen molar-refractivity contribution in [2.75, 3.05) is 10.6 Å². The number of nitrogens with one attached hydrogen (secondary N) is 2. The lowest BCUT2D eigenvalue weighted by Crippen LogP contribution is -2.39. The maximum absolute atomic E-state index is 12.7. The molecule has 3 aromatic rings. The van der Waals surface area contributed by atoms with Gasteiger partial charge in [0.1, 0.15) is 11.9 Å². The van der Waals surface area contributed by atoms with Crippen molar-refractivity contribution < 1.29 is 9.59 Å². The summed E-state index contributed by atoms with van der Waals surface area (Å²) in [6.07, 6.45) is 0.134. The van der Waals surface area contributed by atoms with Crippen LogP contribution in [0.25, 0.3) is 11.0 Å². The highest BCUT2D eigenvalue weighted by molar-refractivity contribution is 6.32. The second-order valence-electron chi connectivity index (χ2n) is 8.06. The summed E-state index contributed by atoms with van der Waals surface area (Å²) in [6.45, 7) is 5.85. The molecule has 0 radical (unpaired) electrons. The number of fused-ring (bicyclic) bond motifs is 1. The Labute approximate surface area is 206 Å². The molecule has 2 heterocycles. The number of aryl methyl sites for hydroxylation is 1. The molecule has 2 amide bonds. The summed E-state index contributed by atoms with van der Waals surface area (Å²) in [7, 11) is 0. The molecule has 182 valence electrons. The number of carbonyl (C=O) groups is 2. The van der Waals surface area contributed by atoms with Gasteiger partial charge in [-0.15, -0.1) is 0 Å². The molecule has 35 heavy (non-hydrogen) atoms. The molecule has 1 unspecified atom stereocenters. The molecule has 0 fully saturated rings. The first-order valence-electron chi connectivity index (χ1n) is 11.1. The lowest BCUT2D eigenvalue weighted by atomic mass is 10.0. The molecule has 2 N–H and O–H groups in total. The van der Waals surface area contributed by atoms with Crippen LogP contribution >= 0.6 is 11.6 Å². The third-order valence-corrected chi connectivity index (χ3v) is 5.73. The van der Waals surface area contributed by atoms with Gasteiger partial charge in [0, 0.05) is 31.6 Å². The zero-order valence-electron chi connectivity index (χ0n) is 19.6. The van der Waals surface area contributed by atoms with Crippen LogP contribution in [0, 0.1) is 17.2 Å². The van der Waals surface area contributed by atoms with Gasteiger partial charge in [-0.3, -0.25) is 23.5 Å². The topological polar surface area (TPSA) is 139 Å². The highest BCUT2D eigenvalue weighted by Gasteiger charge is 2.17. The number of hydrogen-bond donors (Lipinski definition) is 2. The van der Waals surface area contributed by atoms with Crippen LogP contribution in [-0.2, 0) is 22.7 Å². The molecular weight excluding hydrogens is 472 g/mol. The third kappa shape index (κ3) is 5.75. The van der Waals surface area contributed by atoms with Gasteiger partial charge < -0.3 is 10.6 Å². The van der Waals surface area contributed by atoms with Gasteiger partial charge in [0.15, 0.2) is 5.52 Å². The number of hydrogen-bond acceptors (Lipinski definition) is 6. The van der Waals surface area contributed by atoms with Crippen LogP contribution in [0.15, 0.2) is 39.9 Å². The Morgan fingerprint density at radius 3 is 2.31 bits per heavy atom. The van der Waals surface area contributed by atoms with E-state index in [1.165, 1.54) is 22.8 Å². The fourth-order valence-electron chi connectivity index (χ4n) is 3.74. The van der Waals surface area contributed by atoms with E-state index in [0.717, 1.165) is 4.57 Å². The van der Waals surface area contributed by atoms with Crippen molar-refractivity contribution in [2.24, 2.45) is 5.92 Å². The summed E-state index contributed by atoms with van der Waals surface area (Å²) in [5, 5.41) is 14.5. The number of carbonyl (C=O) groups excluding carboxylic acids is 2. The second kappa shape index (κ2) is 11.0. The van der Waals surface area contributed by atoms with E-state index in [4.69, 9.17) is 16.9 Å². The summed E-state index contributed by atoms with van der Waals surface area (Å²) < 4.78 is 2.56. The summed E-state index contributed by atoms with van der Waals surface area (Å²) >= 11 is 5.98. The number of nitriles is 1. The third-order valence-electron chi connectivity index (χ3n) is 5.42. The fourth-order valence-corrected chi connectivity index (χ4v) is 3.96. The molecule has 3 rings (SSSR count). The molecule has 2 aromatic heterocycles. The lowest BCUT2D eigenvalue weighted by Gasteiger charge is -2.13. The van der Waals surface area contributed by atoms with Crippen molar-refractivity contribution >= 4 is 46.0 Å². The number of aromatic nitrogens is 3. The minimum atomic E-state index is -0.513. The highest BCUT2D eigenvalue weighted by atomic mass is 35.5. The molecule has 0 bridgehead atoms. The van der Waals surface area contributed by atoms with Crippen molar-refractivity contribution in [1.82, 2.24) is 14.1 Å². The van der Waals surface area contributed by atoms with Gasteiger partial charge in [-0.05, 0) is 50.1 Å². The van der Waals surface area contributed by atoms with E-state index in [-0.39, 0.29) is 53.5 Å². The standard InChI is InChI=1S/C24H25ClN6O4/c1-4-30-18-8-9-19(29-22(18)23(34)31(5-2)24(30)35)28-21(33)11-14(3)10-20(32)27-16-7-6-15(13-26)17(25)12-16/h6-9,12,14H,4-5,10-11H2,1-3H3,(H,27,32)(H,28,29,33). The molecule has 0 saturated carbocycles. The summed E-state index contributed by atoms with van der Waals surface area (Å²) in [5.41, 5.74) is 0.350. The van der Waals surface area contributed by atoms with Crippen LogP contribution in [0.5, 0.6) is 0 Å². The molecule has 1 aromatic carbocycles. The van der Waals surface area contributed by atoms with Gasteiger partial charge >= 0.3 is 5.69 Å². The summed E-state index contributed by atoms with van der Waals surface area (Å²) in [4.78, 5) is 54.3. The van der Waals surface area contributed by atoms with Gasteiger partial charge in [-0.1, -0.05) is 18.5 Å². The zero-order valence-corrected chi connectivity index (χ0v) is 20.3. The maximum atomic E-state index is 12.7. The Bertz CT molecular complexity index is 1450. The van der Waals surface area contributed by atoms with E-state index in [2.05, 4.69) is 15.6 Å². The number of halogens is 1. The first kappa shape index (κ1) is 25.6. The average molecular weight is 497 g/mol. The van der Waals surface area contributed by atoms with Crippen LogP contribution in [0.3, 0.4) is 0 Å². The van der Waals surface area contributed by atoms with Gasteiger partial charge in [-0.25, -0.2) is 9.78 Å². The van der Waals surface area contributed by atoms with Gasteiger partial charge in [0.05, 0.1) is 16.1 Å². The number of nitrogens with zero attached hydrogens (tertiary/aromatic N) is 4. The van der Waals surface area contributed by atoms with Crippen molar-refractivity contribution in [3.8, 4) is 6.07 Å². The van der Waals surface area contributed by atoms with Crippen LogP contribution in [0.4, 0.5) is 11.5 Å². The average Bonchev–Trinajstić information content (AvgIpc) is 2.80. The van der Waals surface area contributed by atoms with Crippen molar-refractivity contribution in [3.05, 3.63) is 61.8 Å². The Morgan fingerprint density at radius 1 is 1.06 bits per heavy atom. The van der Waals surface area contributed by atoms with E-state index < -0.39 is 11.2 Å². The predicted molar refractivity (Wildman–Crippen MR) is 133 cm³/mol. The van der Waals surface area contributed by atoms with Crippen LogP contribution in [-0.4, -0.2) is 25.9 Å². The Balaban J connectivity index is 1.66.